The van der Waals surface area contributed by atoms with E-state index in [1.54, 1.807) is 0 Å². The molecule has 0 saturated carbocycles. The molecule has 0 spiro atoms. The summed E-state index contributed by atoms with van der Waals surface area (Å²) in [5.41, 5.74) is 2.59. The summed E-state index contributed by atoms with van der Waals surface area (Å²) < 4.78 is 2.24. The second-order valence-electron chi connectivity index (χ2n) is 3.86. The van der Waals surface area contributed by atoms with Crippen LogP contribution in [0.4, 0.5) is 0 Å². The van der Waals surface area contributed by atoms with Gasteiger partial charge in [0.05, 0.1) is 0 Å². The van der Waals surface area contributed by atoms with Crippen LogP contribution in [-0.4, -0.2) is 0 Å². The fourth-order valence-corrected chi connectivity index (χ4v) is 2.08. The fourth-order valence-electron chi connectivity index (χ4n) is 1.56. The van der Waals surface area contributed by atoms with E-state index in [0.29, 0.717) is 0 Å². The van der Waals surface area contributed by atoms with Gasteiger partial charge in [0.2, 0.25) is 0 Å². The highest BCUT2D eigenvalue weighted by atomic mass is 79.9. The van der Waals surface area contributed by atoms with E-state index in [-0.39, 0.29) is 0 Å². The van der Waals surface area contributed by atoms with E-state index in [2.05, 4.69) is 86.8 Å². The minimum absolute atomic E-state index is 0.892. The van der Waals surface area contributed by atoms with Gasteiger partial charge in [-0.3, -0.25) is 0 Å². The molecule has 2 rings (SSSR count). The molecule has 0 aliphatic heterocycles. The van der Waals surface area contributed by atoms with Gasteiger partial charge in [-0.15, -0.1) is 0 Å². The van der Waals surface area contributed by atoms with Crippen molar-refractivity contribution >= 4 is 31.9 Å². The van der Waals surface area contributed by atoms with Crippen molar-refractivity contribution in [2.45, 2.75) is 12.8 Å². The molecular weight excluding hydrogens is 340 g/mol. The van der Waals surface area contributed by atoms with Crippen molar-refractivity contribution in [1.82, 2.24) is 0 Å². The van der Waals surface area contributed by atoms with Crippen LogP contribution < -0.4 is 0 Å². The first-order valence-electron chi connectivity index (χ1n) is 5.43. The summed E-state index contributed by atoms with van der Waals surface area (Å²) in [4.78, 5) is 0. The third-order valence-electron chi connectivity index (χ3n) is 2.48. The molecule has 0 aliphatic carbocycles. The largest absolute Gasteiger partial charge is 0.0579 e. The maximum absolute atomic E-state index is 3.43. The summed E-state index contributed by atoms with van der Waals surface area (Å²) in [5, 5.41) is 0. The molecule has 0 N–H and O–H groups in total. The first kappa shape index (κ1) is 12.8. The van der Waals surface area contributed by atoms with Crippen molar-refractivity contribution in [3.8, 4) is 0 Å². The Hall–Kier alpha value is -0.600. The second-order valence-corrected chi connectivity index (χ2v) is 5.69. The Morgan fingerprint density at radius 2 is 1.00 bits per heavy atom. The molecule has 2 radical (unpaired) electrons. The standard InChI is InChI=1S/C15H12Br2/c16-14-8-4-12(5-9-14)2-1-3-13-6-10-15(17)11-7-13/h4-11H,2-3H2. The van der Waals surface area contributed by atoms with Gasteiger partial charge in [0.25, 0.3) is 0 Å². The Balaban J connectivity index is 1.83. The van der Waals surface area contributed by atoms with E-state index in [0.717, 1.165) is 21.8 Å². The normalized spacial score (nSPS) is 10.5. The molecule has 0 atom stereocenters. The van der Waals surface area contributed by atoms with Gasteiger partial charge in [-0.1, -0.05) is 56.1 Å². The van der Waals surface area contributed by atoms with Gasteiger partial charge in [0.15, 0.2) is 0 Å². The lowest BCUT2D eigenvalue weighted by Gasteiger charge is -2.02. The van der Waals surface area contributed by atoms with E-state index < -0.39 is 0 Å². The summed E-state index contributed by atoms with van der Waals surface area (Å²) in [5.74, 6) is 0. The Bertz CT molecular complexity index is 412. The summed E-state index contributed by atoms with van der Waals surface area (Å²) in [6.45, 7) is 0. The number of halogens is 2. The van der Waals surface area contributed by atoms with Gasteiger partial charge < -0.3 is 0 Å². The molecule has 0 unspecified atom stereocenters. The molecule has 0 nitrogen and oxygen atoms in total. The Morgan fingerprint density at radius 3 is 1.35 bits per heavy atom. The first-order chi connectivity index (χ1) is 8.24. The molecule has 2 heteroatoms. The highest BCUT2D eigenvalue weighted by Gasteiger charge is 1.97. The van der Waals surface area contributed by atoms with Crippen LogP contribution in [0.3, 0.4) is 0 Å². The zero-order valence-electron chi connectivity index (χ0n) is 9.29. The maximum Gasteiger partial charge on any atom is 0.0175 e. The van der Waals surface area contributed by atoms with E-state index in [1.807, 2.05) is 0 Å². The first-order valence-corrected chi connectivity index (χ1v) is 7.02. The van der Waals surface area contributed by atoms with Crippen molar-refractivity contribution in [2.24, 2.45) is 0 Å². The zero-order valence-corrected chi connectivity index (χ0v) is 12.5. The molecule has 0 aliphatic rings. The lowest BCUT2D eigenvalue weighted by Crippen LogP contribution is -1.90. The minimum atomic E-state index is 0.892. The molecule has 17 heavy (non-hydrogen) atoms. The van der Waals surface area contributed by atoms with E-state index in [1.165, 1.54) is 11.1 Å². The van der Waals surface area contributed by atoms with E-state index >= 15 is 0 Å². The van der Waals surface area contributed by atoms with Crippen LogP contribution in [0.2, 0.25) is 0 Å². The third-order valence-corrected chi connectivity index (χ3v) is 3.54. The van der Waals surface area contributed by atoms with Crippen molar-refractivity contribution in [3.05, 3.63) is 75.0 Å². The average molecular weight is 352 g/mol. The van der Waals surface area contributed by atoms with Crippen molar-refractivity contribution in [1.29, 1.82) is 0 Å². The van der Waals surface area contributed by atoms with Crippen LogP contribution in [0.15, 0.2) is 57.5 Å². The Labute approximate surface area is 119 Å². The molecular formula is C15H12Br2. The fraction of sp³-hybridized carbons (Fsp3) is 0.133. The average Bonchev–Trinajstić information content (AvgIpc) is 2.34. The quantitative estimate of drug-likeness (QED) is 0.720. The van der Waals surface area contributed by atoms with Gasteiger partial charge in [0.1, 0.15) is 0 Å². The predicted molar refractivity (Wildman–Crippen MR) is 78.9 cm³/mol. The van der Waals surface area contributed by atoms with Crippen LogP contribution in [0.25, 0.3) is 0 Å². The van der Waals surface area contributed by atoms with Gasteiger partial charge in [-0.05, 0) is 54.7 Å². The SMILES string of the molecule is Brc1ccc(C[C]Cc2ccc(Br)cc2)cc1. The third kappa shape index (κ3) is 4.29. The summed E-state index contributed by atoms with van der Waals surface area (Å²) in [6.07, 6.45) is 5.21. The molecule has 86 valence electrons. The monoisotopic (exact) mass is 350 g/mol. The number of rotatable bonds is 4. The molecule has 0 saturated heterocycles. The minimum Gasteiger partial charge on any atom is -0.0579 e. The van der Waals surface area contributed by atoms with Gasteiger partial charge in [0, 0.05) is 8.95 Å². The molecule has 2 aromatic carbocycles. The topological polar surface area (TPSA) is 0 Å². The van der Waals surface area contributed by atoms with Crippen molar-refractivity contribution in [3.63, 3.8) is 0 Å². The molecule has 2 aromatic rings. The van der Waals surface area contributed by atoms with E-state index in [4.69, 9.17) is 0 Å². The summed E-state index contributed by atoms with van der Waals surface area (Å²) in [6, 6.07) is 16.8. The molecule has 0 amide bonds. The Kier molecular flexibility index (Phi) is 4.81. The zero-order chi connectivity index (χ0) is 12.1. The van der Waals surface area contributed by atoms with Gasteiger partial charge in [-0.2, -0.15) is 0 Å². The second kappa shape index (κ2) is 6.36. The van der Waals surface area contributed by atoms with Crippen LogP contribution in [0.5, 0.6) is 0 Å². The van der Waals surface area contributed by atoms with Crippen LogP contribution in [0, 0.1) is 6.42 Å². The van der Waals surface area contributed by atoms with Gasteiger partial charge >= 0.3 is 0 Å². The summed E-state index contributed by atoms with van der Waals surface area (Å²) in [7, 11) is 0. The van der Waals surface area contributed by atoms with Crippen molar-refractivity contribution < 1.29 is 0 Å². The molecule has 0 fully saturated rings. The smallest absolute Gasteiger partial charge is 0.0175 e. The summed E-state index contributed by atoms with van der Waals surface area (Å²) >= 11 is 6.86. The highest BCUT2D eigenvalue weighted by Crippen LogP contribution is 2.14. The number of hydrogen-bond acceptors (Lipinski definition) is 0. The number of benzene rings is 2. The number of hydrogen-bond donors (Lipinski definition) is 0. The lowest BCUT2D eigenvalue weighted by molar-refractivity contribution is 1.03. The van der Waals surface area contributed by atoms with E-state index in [9.17, 15) is 0 Å². The van der Waals surface area contributed by atoms with Crippen LogP contribution in [0.1, 0.15) is 11.1 Å². The molecule has 0 bridgehead atoms. The lowest BCUT2D eigenvalue weighted by atomic mass is 10.0. The van der Waals surface area contributed by atoms with Crippen LogP contribution in [-0.2, 0) is 12.8 Å². The maximum atomic E-state index is 3.43. The molecule has 0 aromatic heterocycles. The van der Waals surface area contributed by atoms with Crippen molar-refractivity contribution in [2.75, 3.05) is 0 Å². The van der Waals surface area contributed by atoms with Gasteiger partial charge in [-0.25, -0.2) is 0 Å². The Morgan fingerprint density at radius 1 is 0.647 bits per heavy atom. The molecule has 0 heterocycles. The predicted octanol–water partition coefficient (Wildman–Crippen LogP) is 5.08. The highest BCUT2D eigenvalue weighted by molar-refractivity contribution is 9.10. The van der Waals surface area contributed by atoms with Crippen LogP contribution >= 0.6 is 31.9 Å².